The van der Waals surface area contributed by atoms with Crippen molar-refractivity contribution in [1.29, 1.82) is 0 Å². The maximum absolute atomic E-state index is 10.2. The molecule has 0 saturated heterocycles. The maximum atomic E-state index is 10.2. The second-order valence-corrected chi connectivity index (χ2v) is 7.85. The molecule has 0 radical (unpaired) electrons. The van der Waals surface area contributed by atoms with Gasteiger partial charge in [0.15, 0.2) is 0 Å². The molecule has 0 aliphatic heterocycles. The fourth-order valence-corrected chi connectivity index (χ4v) is 4.10. The van der Waals surface area contributed by atoms with E-state index >= 15 is 0 Å². The van der Waals surface area contributed by atoms with Crippen LogP contribution in [-0.4, -0.2) is 23.0 Å². The molecule has 3 heteroatoms. The second-order valence-electron chi connectivity index (χ2n) is 6.53. The summed E-state index contributed by atoms with van der Waals surface area (Å²) in [6, 6.07) is 8.77. The van der Waals surface area contributed by atoms with E-state index in [4.69, 9.17) is 0 Å². The summed E-state index contributed by atoms with van der Waals surface area (Å²) in [5.41, 5.74) is 1.34. The third-order valence-electron chi connectivity index (χ3n) is 3.99. The van der Waals surface area contributed by atoms with Crippen LogP contribution in [0.5, 0.6) is 0 Å². The van der Waals surface area contributed by atoms with Gasteiger partial charge in [0, 0.05) is 16.7 Å². The standard InChI is InChI=1S/C18H29NOS/c1-14(2)12-19-13-15-7-6-8-16(11-15)21-18-10-5-3-4-9-17(18)20/h6-8,11,14,17-20H,3-5,9-10,12-13H2,1-2H3. The van der Waals surface area contributed by atoms with Crippen LogP contribution in [0.3, 0.4) is 0 Å². The largest absolute Gasteiger partial charge is 0.392 e. The Morgan fingerprint density at radius 3 is 2.86 bits per heavy atom. The van der Waals surface area contributed by atoms with Crippen molar-refractivity contribution in [3.63, 3.8) is 0 Å². The molecular weight excluding hydrogens is 278 g/mol. The Morgan fingerprint density at radius 1 is 1.24 bits per heavy atom. The minimum Gasteiger partial charge on any atom is -0.392 e. The summed E-state index contributed by atoms with van der Waals surface area (Å²) in [5, 5.41) is 14.1. The molecule has 1 aromatic carbocycles. The monoisotopic (exact) mass is 307 g/mol. The lowest BCUT2D eigenvalue weighted by Crippen LogP contribution is -2.21. The molecule has 1 saturated carbocycles. The first kappa shape index (κ1) is 16.9. The van der Waals surface area contributed by atoms with Crippen molar-refractivity contribution in [2.75, 3.05) is 6.54 Å². The molecule has 0 spiro atoms. The van der Waals surface area contributed by atoms with E-state index in [1.54, 1.807) is 0 Å². The lowest BCUT2D eigenvalue weighted by Gasteiger charge is -2.20. The van der Waals surface area contributed by atoms with Crippen molar-refractivity contribution in [1.82, 2.24) is 5.32 Å². The molecule has 1 aliphatic carbocycles. The predicted molar refractivity (Wildman–Crippen MR) is 91.7 cm³/mol. The Balaban J connectivity index is 1.90. The van der Waals surface area contributed by atoms with Gasteiger partial charge in [-0.3, -0.25) is 0 Å². The normalized spacial score (nSPS) is 23.2. The summed E-state index contributed by atoms with van der Waals surface area (Å²) >= 11 is 1.86. The molecule has 21 heavy (non-hydrogen) atoms. The zero-order valence-corrected chi connectivity index (χ0v) is 14.2. The molecular formula is C18H29NOS. The SMILES string of the molecule is CC(C)CNCc1cccc(SC2CCCCCC2O)c1. The van der Waals surface area contributed by atoms with Crippen molar-refractivity contribution in [2.45, 2.75) is 68.7 Å². The number of benzene rings is 1. The van der Waals surface area contributed by atoms with Gasteiger partial charge in [0.1, 0.15) is 0 Å². The topological polar surface area (TPSA) is 32.3 Å². The molecule has 0 amide bonds. The molecule has 2 unspecified atom stereocenters. The fraction of sp³-hybridized carbons (Fsp3) is 0.667. The highest BCUT2D eigenvalue weighted by atomic mass is 32.2. The number of hydrogen-bond acceptors (Lipinski definition) is 3. The van der Waals surface area contributed by atoms with E-state index in [1.807, 2.05) is 11.8 Å². The molecule has 0 aromatic heterocycles. The van der Waals surface area contributed by atoms with Crippen LogP contribution in [0.15, 0.2) is 29.2 Å². The van der Waals surface area contributed by atoms with Crippen LogP contribution >= 0.6 is 11.8 Å². The van der Waals surface area contributed by atoms with Crippen LogP contribution in [-0.2, 0) is 6.54 Å². The first-order chi connectivity index (χ1) is 10.1. The Labute approximate surface area is 133 Å². The van der Waals surface area contributed by atoms with Gasteiger partial charge in [-0.05, 0) is 43.0 Å². The average molecular weight is 308 g/mol. The van der Waals surface area contributed by atoms with Gasteiger partial charge < -0.3 is 10.4 Å². The van der Waals surface area contributed by atoms with Gasteiger partial charge in [0.25, 0.3) is 0 Å². The van der Waals surface area contributed by atoms with Gasteiger partial charge in [-0.15, -0.1) is 11.8 Å². The van der Waals surface area contributed by atoms with E-state index in [1.165, 1.54) is 29.7 Å². The zero-order valence-electron chi connectivity index (χ0n) is 13.3. The summed E-state index contributed by atoms with van der Waals surface area (Å²) in [5.74, 6) is 0.684. The van der Waals surface area contributed by atoms with Crippen LogP contribution in [0.2, 0.25) is 0 Å². The minimum absolute atomic E-state index is 0.139. The van der Waals surface area contributed by atoms with Crippen LogP contribution in [0.1, 0.15) is 51.5 Å². The lowest BCUT2D eigenvalue weighted by atomic mass is 10.1. The number of thioether (sulfide) groups is 1. The third kappa shape index (κ3) is 6.01. The summed E-state index contributed by atoms with van der Waals surface area (Å²) in [7, 11) is 0. The highest BCUT2D eigenvalue weighted by Gasteiger charge is 2.22. The van der Waals surface area contributed by atoms with E-state index < -0.39 is 0 Å². The number of nitrogens with one attached hydrogen (secondary N) is 1. The molecule has 0 bridgehead atoms. The van der Waals surface area contributed by atoms with Gasteiger partial charge in [-0.2, -0.15) is 0 Å². The molecule has 1 aromatic rings. The highest BCUT2D eigenvalue weighted by molar-refractivity contribution is 8.00. The van der Waals surface area contributed by atoms with Crippen molar-refractivity contribution < 1.29 is 5.11 Å². The first-order valence-corrected chi connectivity index (χ1v) is 9.17. The molecule has 118 valence electrons. The number of hydrogen-bond donors (Lipinski definition) is 2. The second kappa shape index (κ2) is 8.82. The summed E-state index contributed by atoms with van der Waals surface area (Å²) in [4.78, 5) is 1.30. The number of aliphatic hydroxyl groups excluding tert-OH is 1. The molecule has 2 nitrogen and oxygen atoms in total. The van der Waals surface area contributed by atoms with Crippen LogP contribution in [0.4, 0.5) is 0 Å². The smallest absolute Gasteiger partial charge is 0.0662 e. The zero-order chi connectivity index (χ0) is 15.1. The Kier molecular flexibility index (Phi) is 7.08. The van der Waals surface area contributed by atoms with Gasteiger partial charge >= 0.3 is 0 Å². The summed E-state index contributed by atoms with van der Waals surface area (Å²) < 4.78 is 0. The molecule has 2 N–H and O–H groups in total. The Hall–Kier alpha value is -0.510. The van der Waals surface area contributed by atoms with E-state index in [9.17, 15) is 5.11 Å². The van der Waals surface area contributed by atoms with E-state index in [2.05, 4.69) is 43.4 Å². The molecule has 2 rings (SSSR count). The van der Waals surface area contributed by atoms with E-state index in [-0.39, 0.29) is 6.10 Å². The molecule has 0 heterocycles. The first-order valence-electron chi connectivity index (χ1n) is 8.29. The van der Waals surface area contributed by atoms with Gasteiger partial charge in [0.2, 0.25) is 0 Å². The quantitative estimate of drug-likeness (QED) is 0.772. The molecule has 2 atom stereocenters. The van der Waals surface area contributed by atoms with Crippen LogP contribution < -0.4 is 5.32 Å². The summed E-state index contributed by atoms with van der Waals surface area (Å²) in [6.07, 6.45) is 5.67. The van der Waals surface area contributed by atoms with Crippen molar-refractivity contribution in [3.8, 4) is 0 Å². The minimum atomic E-state index is -0.139. The predicted octanol–water partition coefficient (Wildman–Crippen LogP) is 4.22. The third-order valence-corrected chi connectivity index (χ3v) is 5.36. The van der Waals surface area contributed by atoms with Crippen molar-refractivity contribution in [3.05, 3.63) is 29.8 Å². The van der Waals surface area contributed by atoms with E-state index in [0.717, 1.165) is 25.9 Å². The van der Waals surface area contributed by atoms with Gasteiger partial charge in [-0.1, -0.05) is 45.2 Å². The average Bonchev–Trinajstić information content (AvgIpc) is 2.64. The Bertz CT molecular complexity index is 421. The maximum Gasteiger partial charge on any atom is 0.0662 e. The Morgan fingerprint density at radius 2 is 2.05 bits per heavy atom. The van der Waals surface area contributed by atoms with Crippen molar-refractivity contribution in [2.24, 2.45) is 5.92 Å². The summed E-state index contributed by atoms with van der Waals surface area (Å²) in [6.45, 7) is 6.44. The van der Waals surface area contributed by atoms with Gasteiger partial charge in [0.05, 0.1) is 6.10 Å². The van der Waals surface area contributed by atoms with Crippen LogP contribution in [0, 0.1) is 5.92 Å². The highest BCUT2D eigenvalue weighted by Crippen LogP contribution is 2.33. The lowest BCUT2D eigenvalue weighted by molar-refractivity contribution is 0.163. The molecule has 1 aliphatic rings. The fourth-order valence-electron chi connectivity index (χ4n) is 2.80. The van der Waals surface area contributed by atoms with Gasteiger partial charge in [-0.25, -0.2) is 0 Å². The number of rotatable bonds is 6. The van der Waals surface area contributed by atoms with Crippen LogP contribution in [0.25, 0.3) is 0 Å². The van der Waals surface area contributed by atoms with E-state index in [0.29, 0.717) is 11.2 Å². The van der Waals surface area contributed by atoms with Crippen molar-refractivity contribution >= 4 is 11.8 Å². The molecule has 1 fully saturated rings. The number of aliphatic hydroxyl groups is 1.